The van der Waals surface area contributed by atoms with Crippen molar-refractivity contribution in [1.29, 1.82) is 0 Å². The van der Waals surface area contributed by atoms with Crippen molar-refractivity contribution in [2.75, 3.05) is 0 Å². The van der Waals surface area contributed by atoms with Gasteiger partial charge in [-0.1, -0.05) is 11.8 Å². The number of halogens is 1. The van der Waals surface area contributed by atoms with E-state index >= 15 is 0 Å². The topological polar surface area (TPSA) is 29.4 Å². The minimum absolute atomic E-state index is 0.0653. The van der Waals surface area contributed by atoms with E-state index in [1.54, 1.807) is 18.0 Å². The lowest BCUT2D eigenvalue weighted by atomic mass is 10.1. The lowest BCUT2D eigenvalue weighted by Crippen LogP contribution is -2.11. The molecule has 0 aromatic heterocycles. The molecular weight excluding hydrogens is 226 g/mol. The van der Waals surface area contributed by atoms with Gasteiger partial charge in [-0.05, 0) is 28.1 Å². The number of hydrogen-bond donors (Lipinski definition) is 0. The van der Waals surface area contributed by atoms with Crippen LogP contribution >= 0.6 is 27.7 Å². The highest BCUT2D eigenvalue weighted by molar-refractivity contribution is 9.14. The van der Waals surface area contributed by atoms with E-state index in [1.165, 1.54) is 0 Å². The number of amides is 1. The van der Waals surface area contributed by atoms with Crippen molar-refractivity contribution in [3.8, 4) is 0 Å². The van der Waals surface area contributed by atoms with Gasteiger partial charge in [-0.3, -0.25) is 4.79 Å². The van der Waals surface area contributed by atoms with Crippen molar-refractivity contribution >= 4 is 39.8 Å². The molecule has 0 bridgehead atoms. The Bertz CT molecular complexity index is 306. The Hall–Kier alpha value is -0.350. The largest absolute Gasteiger partial charge is 0.272 e. The first-order valence-electron chi connectivity index (χ1n) is 3.10. The lowest BCUT2D eigenvalue weighted by molar-refractivity contribution is -0.119. The van der Waals surface area contributed by atoms with Gasteiger partial charge in [0, 0.05) is 11.1 Å². The van der Waals surface area contributed by atoms with Crippen LogP contribution in [0, 0.1) is 5.92 Å². The number of carbonyl (C=O) groups excluding carboxylic acids is 1. The maximum Gasteiger partial charge on any atom is 0.257 e. The van der Waals surface area contributed by atoms with Gasteiger partial charge in [-0.25, -0.2) is 4.99 Å². The molecule has 2 aliphatic rings. The number of carbonyl (C=O) groups is 1. The Morgan fingerprint density at radius 2 is 2.45 bits per heavy atom. The summed E-state index contributed by atoms with van der Waals surface area (Å²) in [5.74, 6) is -0.177. The van der Waals surface area contributed by atoms with Crippen molar-refractivity contribution in [3.63, 3.8) is 0 Å². The summed E-state index contributed by atoms with van der Waals surface area (Å²) in [6, 6.07) is 0. The highest BCUT2D eigenvalue weighted by Gasteiger charge is 2.28. The molecule has 0 N–H and O–H groups in total. The molecule has 0 spiro atoms. The van der Waals surface area contributed by atoms with Gasteiger partial charge in [-0.2, -0.15) is 0 Å². The smallest absolute Gasteiger partial charge is 0.257 e. The van der Waals surface area contributed by atoms with Crippen LogP contribution in [-0.4, -0.2) is 12.1 Å². The van der Waals surface area contributed by atoms with Crippen LogP contribution in [0.5, 0.6) is 0 Å². The van der Waals surface area contributed by atoms with Crippen LogP contribution in [0.4, 0.5) is 0 Å². The van der Waals surface area contributed by atoms with E-state index < -0.39 is 0 Å². The number of allylic oxidation sites excluding steroid dienone is 1. The zero-order valence-corrected chi connectivity index (χ0v) is 7.85. The molecule has 1 unspecified atom stereocenters. The minimum Gasteiger partial charge on any atom is -0.272 e. The monoisotopic (exact) mass is 229 g/mol. The average molecular weight is 230 g/mol. The summed E-state index contributed by atoms with van der Waals surface area (Å²) in [7, 11) is 0. The molecular formula is C7H4BrNOS. The van der Waals surface area contributed by atoms with Gasteiger partial charge >= 0.3 is 0 Å². The van der Waals surface area contributed by atoms with E-state index in [-0.39, 0.29) is 11.8 Å². The first kappa shape index (κ1) is 7.31. The minimum atomic E-state index is -0.112. The third-order valence-corrected chi connectivity index (χ3v) is 3.23. The molecule has 2 heterocycles. The highest BCUT2D eigenvalue weighted by Crippen LogP contribution is 2.44. The Morgan fingerprint density at radius 1 is 1.64 bits per heavy atom. The number of nitrogens with zero attached hydrogens (tertiary/aromatic N) is 1. The maximum absolute atomic E-state index is 11.1. The molecule has 4 heteroatoms. The third kappa shape index (κ3) is 1.20. The summed E-state index contributed by atoms with van der Waals surface area (Å²) < 4.78 is 1.01. The van der Waals surface area contributed by atoms with Gasteiger partial charge in [0.1, 0.15) is 0 Å². The summed E-state index contributed by atoms with van der Waals surface area (Å²) in [5.41, 5.74) is 0. The second-order valence-electron chi connectivity index (χ2n) is 2.24. The molecule has 2 rings (SSSR count). The number of hydrogen-bond acceptors (Lipinski definition) is 2. The van der Waals surface area contributed by atoms with Crippen LogP contribution in [-0.2, 0) is 4.79 Å². The van der Waals surface area contributed by atoms with E-state index in [0.29, 0.717) is 0 Å². The van der Waals surface area contributed by atoms with Crippen molar-refractivity contribution in [2.45, 2.75) is 0 Å². The summed E-state index contributed by atoms with van der Waals surface area (Å²) in [6.07, 6.45) is 5.32. The van der Waals surface area contributed by atoms with Crippen LogP contribution in [0.3, 0.4) is 0 Å². The van der Waals surface area contributed by atoms with E-state index in [0.717, 1.165) is 8.72 Å². The Morgan fingerprint density at radius 3 is 3.18 bits per heavy atom. The molecule has 0 aliphatic carbocycles. The van der Waals surface area contributed by atoms with E-state index in [1.807, 2.05) is 12.2 Å². The Kier molecular flexibility index (Phi) is 1.73. The highest BCUT2D eigenvalue weighted by atomic mass is 79.9. The SMILES string of the molecule is O=C1N=CC=C2SC(Br)=CC12. The summed E-state index contributed by atoms with van der Waals surface area (Å²) in [6.45, 7) is 0. The van der Waals surface area contributed by atoms with Crippen LogP contribution in [0.2, 0.25) is 0 Å². The van der Waals surface area contributed by atoms with E-state index in [9.17, 15) is 4.79 Å². The molecule has 0 saturated heterocycles. The summed E-state index contributed by atoms with van der Waals surface area (Å²) in [5, 5.41) is 0. The fourth-order valence-corrected chi connectivity index (χ4v) is 2.70. The fraction of sp³-hybridized carbons (Fsp3) is 0.143. The Balaban J connectivity index is 2.38. The number of rotatable bonds is 0. The van der Waals surface area contributed by atoms with Crippen LogP contribution in [0.25, 0.3) is 0 Å². The summed E-state index contributed by atoms with van der Waals surface area (Å²) >= 11 is 4.91. The normalized spacial score (nSPS) is 28.1. The van der Waals surface area contributed by atoms with Crippen molar-refractivity contribution < 1.29 is 4.79 Å². The molecule has 56 valence electrons. The first-order valence-corrected chi connectivity index (χ1v) is 4.71. The second kappa shape index (κ2) is 2.60. The third-order valence-electron chi connectivity index (χ3n) is 1.53. The lowest BCUT2D eigenvalue weighted by Gasteiger charge is -2.07. The molecule has 1 atom stereocenters. The van der Waals surface area contributed by atoms with Gasteiger partial charge in [0.05, 0.1) is 9.73 Å². The standard InChI is InChI=1S/C7H4BrNOS/c8-6-3-4-5(11-6)1-2-9-7(4)10/h1-4H. The quantitative estimate of drug-likeness (QED) is 0.637. The zero-order chi connectivity index (χ0) is 7.84. The van der Waals surface area contributed by atoms with Gasteiger partial charge in [0.25, 0.3) is 5.91 Å². The van der Waals surface area contributed by atoms with E-state index in [2.05, 4.69) is 20.9 Å². The van der Waals surface area contributed by atoms with Crippen molar-refractivity contribution in [1.82, 2.24) is 0 Å². The van der Waals surface area contributed by atoms with Gasteiger partial charge < -0.3 is 0 Å². The molecule has 0 saturated carbocycles. The zero-order valence-electron chi connectivity index (χ0n) is 5.45. The van der Waals surface area contributed by atoms with Gasteiger partial charge in [-0.15, -0.1) is 0 Å². The van der Waals surface area contributed by atoms with Crippen LogP contribution in [0.1, 0.15) is 0 Å². The molecule has 0 aromatic rings. The fourth-order valence-electron chi connectivity index (χ4n) is 1.02. The molecule has 2 nitrogen and oxygen atoms in total. The first-order chi connectivity index (χ1) is 5.27. The molecule has 0 aromatic carbocycles. The van der Waals surface area contributed by atoms with E-state index in [4.69, 9.17) is 0 Å². The predicted molar refractivity (Wildman–Crippen MR) is 49.7 cm³/mol. The Labute approximate surface area is 76.6 Å². The number of fused-ring (bicyclic) bond motifs is 1. The number of thioether (sulfide) groups is 1. The van der Waals surface area contributed by atoms with Crippen LogP contribution in [0.15, 0.2) is 25.9 Å². The van der Waals surface area contributed by atoms with Crippen LogP contribution < -0.4 is 0 Å². The maximum atomic E-state index is 11.1. The predicted octanol–water partition coefficient (Wildman–Crippen LogP) is 2.08. The van der Waals surface area contributed by atoms with Crippen molar-refractivity contribution in [3.05, 3.63) is 20.9 Å². The summed E-state index contributed by atoms with van der Waals surface area (Å²) in [4.78, 5) is 15.9. The molecule has 1 amide bonds. The molecule has 0 fully saturated rings. The number of dihydropyridines is 1. The molecule has 0 radical (unpaired) electrons. The average Bonchev–Trinajstić information content (AvgIpc) is 2.31. The van der Waals surface area contributed by atoms with Gasteiger partial charge in [0.15, 0.2) is 0 Å². The second-order valence-corrected chi connectivity index (χ2v) is 4.73. The van der Waals surface area contributed by atoms with Crippen molar-refractivity contribution in [2.24, 2.45) is 10.9 Å². The molecule has 2 aliphatic heterocycles. The number of aliphatic imine (C=N–C) groups is 1. The van der Waals surface area contributed by atoms with Gasteiger partial charge in [0.2, 0.25) is 0 Å². The molecule has 11 heavy (non-hydrogen) atoms.